The lowest BCUT2D eigenvalue weighted by Gasteiger charge is -2.10. The van der Waals surface area contributed by atoms with E-state index in [1.165, 1.54) is 12.2 Å². The molecule has 0 aliphatic rings. The molecule has 0 atom stereocenters. The fourth-order valence-corrected chi connectivity index (χ4v) is 1.56. The molecule has 0 aliphatic carbocycles. The number of aryl methyl sites for hydroxylation is 1. The first-order chi connectivity index (χ1) is 6.75. The van der Waals surface area contributed by atoms with Gasteiger partial charge in [0.25, 0.3) is 0 Å². The minimum absolute atomic E-state index is 0.518. The van der Waals surface area contributed by atoms with Gasteiger partial charge in [-0.1, -0.05) is 20.8 Å². The van der Waals surface area contributed by atoms with E-state index in [-0.39, 0.29) is 0 Å². The van der Waals surface area contributed by atoms with Gasteiger partial charge < -0.3 is 9.88 Å². The number of aromatic nitrogens is 2. The monoisotopic (exact) mass is 195 g/mol. The van der Waals surface area contributed by atoms with Crippen molar-refractivity contribution in [3.05, 3.63) is 18.2 Å². The standard InChI is InChI=1S/C11H21N3/c1-4-12-6-5-8-14-9-7-13-11(14)10(2)3/h7,9-10,12H,4-6,8H2,1-3H3. The number of hydrogen-bond donors (Lipinski definition) is 1. The predicted molar refractivity (Wildman–Crippen MR) is 59.5 cm³/mol. The van der Waals surface area contributed by atoms with Crippen LogP contribution in [0.2, 0.25) is 0 Å². The van der Waals surface area contributed by atoms with E-state index in [0.29, 0.717) is 5.92 Å². The van der Waals surface area contributed by atoms with Crippen molar-refractivity contribution in [2.45, 2.75) is 39.7 Å². The number of nitrogens with zero attached hydrogens (tertiary/aromatic N) is 2. The van der Waals surface area contributed by atoms with Gasteiger partial charge in [0.15, 0.2) is 0 Å². The van der Waals surface area contributed by atoms with Crippen LogP contribution < -0.4 is 5.32 Å². The molecule has 0 radical (unpaired) electrons. The Balaban J connectivity index is 2.38. The average molecular weight is 195 g/mol. The first kappa shape index (κ1) is 11.2. The molecule has 0 saturated carbocycles. The van der Waals surface area contributed by atoms with Crippen molar-refractivity contribution in [2.24, 2.45) is 0 Å². The van der Waals surface area contributed by atoms with Gasteiger partial charge in [0.1, 0.15) is 5.82 Å². The first-order valence-electron chi connectivity index (χ1n) is 5.47. The maximum absolute atomic E-state index is 4.36. The van der Waals surface area contributed by atoms with Crippen LogP contribution in [0, 0.1) is 0 Å². The summed E-state index contributed by atoms with van der Waals surface area (Å²) in [4.78, 5) is 4.36. The summed E-state index contributed by atoms with van der Waals surface area (Å²) in [6.07, 6.45) is 5.13. The SMILES string of the molecule is CCNCCCn1ccnc1C(C)C. The van der Waals surface area contributed by atoms with Crippen molar-refractivity contribution in [1.29, 1.82) is 0 Å². The Morgan fingerprint density at radius 2 is 2.29 bits per heavy atom. The second kappa shape index (κ2) is 5.81. The van der Waals surface area contributed by atoms with Gasteiger partial charge in [-0.2, -0.15) is 0 Å². The summed E-state index contributed by atoms with van der Waals surface area (Å²) in [5.74, 6) is 1.71. The molecule has 0 aliphatic heterocycles. The molecule has 3 nitrogen and oxygen atoms in total. The van der Waals surface area contributed by atoms with Gasteiger partial charge in [-0.3, -0.25) is 0 Å². The fourth-order valence-electron chi connectivity index (χ4n) is 1.56. The molecule has 80 valence electrons. The zero-order valence-electron chi connectivity index (χ0n) is 9.45. The van der Waals surface area contributed by atoms with E-state index in [1.807, 2.05) is 6.20 Å². The van der Waals surface area contributed by atoms with Crippen molar-refractivity contribution in [3.8, 4) is 0 Å². The molecule has 0 bridgehead atoms. The first-order valence-corrected chi connectivity index (χ1v) is 5.47. The molecule has 0 amide bonds. The molecule has 1 aromatic rings. The minimum atomic E-state index is 0.518. The highest BCUT2D eigenvalue weighted by Gasteiger charge is 2.05. The molecule has 1 N–H and O–H groups in total. The summed E-state index contributed by atoms with van der Waals surface area (Å²) >= 11 is 0. The topological polar surface area (TPSA) is 29.9 Å². The van der Waals surface area contributed by atoms with E-state index in [1.54, 1.807) is 0 Å². The van der Waals surface area contributed by atoms with Crippen LogP contribution in [0.5, 0.6) is 0 Å². The van der Waals surface area contributed by atoms with E-state index in [9.17, 15) is 0 Å². The van der Waals surface area contributed by atoms with Crippen LogP contribution in [0.25, 0.3) is 0 Å². The van der Waals surface area contributed by atoms with Gasteiger partial charge in [-0.25, -0.2) is 4.98 Å². The summed E-state index contributed by atoms with van der Waals surface area (Å²) in [6.45, 7) is 9.72. The summed E-state index contributed by atoms with van der Waals surface area (Å²) in [7, 11) is 0. The molecular formula is C11H21N3. The Bertz CT molecular complexity index is 253. The number of hydrogen-bond acceptors (Lipinski definition) is 2. The summed E-state index contributed by atoms with van der Waals surface area (Å²) in [6, 6.07) is 0. The highest BCUT2D eigenvalue weighted by atomic mass is 15.1. The molecular weight excluding hydrogens is 174 g/mol. The van der Waals surface area contributed by atoms with Gasteiger partial charge in [0, 0.05) is 24.9 Å². The Morgan fingerprint density at radius 1 is 1.50 bits per heavy atom. The van der Waals surface area contributed by atoms with E-state index in [4.69, 9.17) is 0 Å². The quantitative estimate of drug-likeness (QED) is 0.704. The van der Waals surface area contributed by atoms with Crippen molar-refractivity contribution in [1.82, 2.24) is 14.9 Å². The van der Waals surface area contributed by atoms with E-state index in [2.05, 4.69) is 41.8 Å². The van der Waals surface area contributed by atoms with Crippen molar-refractivity contribution >= 4 is 0 Å². The third kappa shape index (κ3) is 3.14. The number of imidazole rings is 1. The summed E-state index contributed by atoms with van der Waals surface area (Å²) in [5, 5.41) is 3.33. The van der Waals surface area contributed by atoms with Crippen LogP contribution in [-0.4, -0.2) is 22.6 Å². The van der Waals surface area contributed by atoms with Crippen LogP contribution in [-0.2, 0) is 6.54 Å². The van der Waals surface area contributed by atoms with Crippen LogP contribution >= 0.6 is 0 Å². The Labute approximate surface area is 86.5 Å². The lowest BCUT2D eigenvalue weighted by Crippen LogP contribution is -2.16. The highest BCUT2D eigenvalue weighted by molar-refractivity contribution is 4.97. The lowest BCUT2D eigenvalue weighted by atomic mass is 10.2. The van der Waals surface area contributed by atoms with Crippen LogP contribution in [0.3, 0.4) is 0 Å². The van der Waals surface area contributed by atoms with Gasteiger partial charge in [-0.05, 0) is 19.5 Å². The second-order valence-corrected chi connectivity index (χ2v) is 3.84. The van der Waals surface area contributed by atoms with Crippen LogP contribution in [0.4, 0.5) is 0 Å². The maximum atomic E-state index is 4.36. The fraction of sp³-hybridized carbons (Fsp3) is 0.727. The molecule has 0 spiro atoms. The lowest BCUT2D eigenvalue weighted by molar-refractivity contribution is 0.561. The van der Waals surface area contributed by atoms with Crippen molar-refractivity contribution in [2.75, 3.05) is 13.1 Å². The second-order valence-electron chi connectivity index (χ2n) is 3.84. The number of nitrogens with one attached hydrogen (secondary N) is 1. The Morgan fingerprint density at radius 3 is 2.93 bits per heavy atom. The third-order valence-electron chi connectivity index (χ3n) is 2.27. The van der Waals surface area contributed by atoms with Crippen molar-refractivity contribution in [3.63, 3.8) is 0 Å². The smallest absolute Gasteiger partial charge is 0.111 e. The third-order valence-corrected chi connectivity index (χ3v) is 2.27. The number of rotatable bonds is 6. The summed E-state index contributed by atoms with van der Waals surface area (Å²) in [5.41, 5.74) is 0. The predicted octanol–water partition coefficient (Wildman–Crippen LogP) is 2.01. The Kier molecular flexibility index (Phi) is 4.66. The zero-order chi connectivity index (χ0) is 10.4. The molecule has 1 heterocycles. The van der Waals surface area contributed by atoms with Gasteiger partial charge in [0.05, 0.1) is 0 Å². The Hall–Kier alpha value is -0.830. The highest BCUT2D eigenvalue weighted by Crippen LogP contribution is 2.11. The summed E-state index contributed by atoms with van der Waals surface area (Å²) < 4.78 is 2.25. The molecule has 0 unspecified atom stereocenters. The van der Waals surface area contributed by atoms with Gasteiger partial charge >= 0.3 is 0 Å². The maximum Gasteiger partial charge on any atom is 0.111 e. The van der Waals surface area contributed by atoms with Crippen molar-refractivity contribution < 1.29 is 0 Å². The molecule has 1 rings (SSSR count). The molecule has 0 fully saturated rings. The molecule has 3 heteroatoms. The van der Waals surface area contributed by atoms with Gasteiger partial charge in [-0.15, -0.1) is 0 Å². The largest absolute Gasteiger partial charge is 0.335 e. The molecule has 14 heavy (non-hydrogen) atoms. The normalized spacial score (nSPS) is 11.1. The minimum Gasteiger partial charge on any atom is -0.335 e. The van der Waals surface area contributed by atoms with Crippen LogP contribution in [0.1, 0.15) is 38.9 Å². The van der Waals surface area contributed by atoms with Crippen LogP contribution in [0.15, 0.2) is 12.4 Å². The zero-order valence-corrected chi connectivity index (χ0v) is 9.45. The molecule has 1 aromatic heterocycles. The van der Waals surface area contributed by atoms with E-state index < -0.39 is 0 Å². The van der Waals surface area contributed by atoms with Gasteiger partial charge in [0.2, 0.25) is 0 Å². The molecule has 0 saturated heterocycles. The van der Waals surface area contributed by atoms with E-state index >= 15 is 0 Å². The van der Waals surface area contributed by atoms with E-state index in [0.717, 1.165) is 19.6 Å². The molecule has 0 aromatic carbocycles. The average Bonchev–Trinajstić information content (AvgIpc) is 2.60.